The van der Waals surface area contributed by atoms with Gasteiger partial charge in [0, 0.05) is 44.0 Å². The Morgan fingerprint density at radius 1 is 0.867 bits per heavy atom. The van der Waals surface area contributed by atoms with Gasteiger partial charge in [0.05, 0.1) is 10.4 Å². The maximum Gasteiger partial charge on any atom is 0.573 e. The molecule has 10 nitrogen and oxygen atoms in total. The topological polar surface area (TPSA) is 114 Å². The Hall–Kier alpha value is -4.64. The lowest BCUT2D eigenvalue weighted by molar-refractivity contribution is -0.275. The van der Waals surface area contributed by atoms with Crippen molar-refractivity contribution in [1.82, 2.24) is 19.6 Å². The molecule has 5 rings (SSSR count). The van der Waals surface area contributed by atoms with E-state index in [2.05, 4.69) is 24.8 Å². The average molecular weight is 656 g/mol. The van der Waals surface area contributed by atoms with Crippen molar-refractivity contribution < 1.29 is 49.0 Å². The summed E-state index contributed by atoms with van der Waals surface area (Å²) in [4.78, 5) is 23.5. The molecule has 1 atom stereocenters. The zero-order valence-corrected chi connectivity index (χ0v) is 23.7. The van der Waals surface area contributed by atoms with E-state index in [4.69, 9.17) is 0 Å². The Balaban J connectivity index is 1.38. The number of nitrogens with zero attached hydrogens (tertiary/aromatic N) is 4. The molecule has 4 aromatic rings. The van der Waals surface area contributed by atoms with E-state index in [1.54, 1.807) is 35.5 Å². The Labute approximate surface area is 252 Å². The van der Waals surface area contributed by atoms with Gasteiger partial charge < -0.3 is 19.7 Å². The summed E-state index contributed by atoms with van der Waals surface area (Å²) in [5, 5.41) is 3.38. The maximum atomic E-state index is 13.7. The summed E-state index contributed by atoms with van der Waals surface area (Å²) < 4.78 is 111. The second-order valence-corrected chi connectivity index (χ2v) is 11.6. The van der Waals surface area contributed by atoms with Crippen LogP contribution in [0.5, 0.6) is 11.5 Å². The van der Waals surface area contributed by atoms with Crippen LogP contribution in [-0.4, -0.2) is 67.0 Å². The van der Waals surface area contributed by atoms with E-state index in [0.29, 0.717) is 16.9 Å². The zero-order valence-electron chi connectivity index (χ0n) is 22.9. The number of pyridine rings is 2. The molecular formula is C28H23F6N5O5S. The highest BCUT2D eigenvalue weighted by molar-refractivity contribution is 7.89. The fourth-order valence-electron chi connectivity index (χ4n) is 4.67. The number of sulfonamides is 1. The monoisotopic (exact) mass is 655 g/mol. The van der Waals surface area contributed by atoms with E-state index in [0.717, 1.165) is 46.1 Å². The van der Waals surface area contributed by atoms with Crippen LogP contribution >= 0.6 is 0 Å². The minimum Gasteiger partial charge on any atom is -0.406 e. The third kappa shape index (κ3) is 7.91. The van der Waals surface area contributed by atoms with Gasteiger partial charge in [-0.05, 0) is 60.2 Å². The number of carbonyl (C=O) groups excluding carboxylic acids is 1. The number of alkyl halides is 6. The number of piperazine rings is 1. The molecule has 1 amide bonds. The highest BCUT2D eigenvalue weighted by Gasteiger charge is 2.41. The van der Waals surface area contributed by atoms with Crippen LogP contribution in [0.25, 0.3) is 10.9 Å². The molecule has 1 saturated heterocycles. The molecule has 3 heterocycles. The first-order chi connectivity index (χ1) is 21.2. The molecule has 1 aliphatic heterocycles. The number of hydrogen-bond donors (Lipinski definition) is 1. The zero-order chi connectivity index (χ0) is 32.4. The number of carbonyl (C=O) groups is 1. The predicted octanol–water partition coefficient (Wildman–Crippen LogP) is 4.62. The molecule has 45 heavy (non-hydrogen) atoms. The number of halogens is 6. The summed E-state index contributed by atoms with van der Waals surface area (Å²) in [7, 11) is -4.41. The SMILES string of the molecule is O=C(NCc1ccc(OC(F)(F)F)cc1)[C@H]1CN(c2ccc3cnccc3n2)CCN1S(=O)(=O)c1ccc(OC(F)(F)F)cc1. The van der Waals surface area contributed by atoms with Crippen LogP contribution in [0.15, 0.2) is 84.0 Å². The molecule has 1 N–H and O–H groups in total. The minimum absolute atomic E-state index is 0.128. The second-order valence-electron chi connectivity index (χ2n) is 9.74. The van der Waals surface area contributed by atoms with Gasteiger partial charge in [-0.15, -0.1) is 26.3 Å². The van der Waals surface area contributed by atoms with Crippen LogP contribution in [0, 0.1) is 0 Å². The Bertz CT molecular complexity index is 1770. The number of benzene rings is 2. The highest BCUT2D eigenvalue weighted by atomic mass is 32.2. The van der Waals surface area contributed by atoms with Gasteiger partial charge in [0.25, 0.3) is 0 Å². The molecule has 0 saturated carbocycles. The van der Waals surface area contributed by atoms with Crippen molar-refractivity contribution in [1.29, 1.82) is 0 Å². The molecule has 2 aromatic heterocycles. The molecule has 17 heteroatoms. The smallest absolute Gasteiger partial charge is 0.406 e. The van der Waals surface area contributed by atoms with Crippen molar-refractivity contribution in [2.24, 2.45) is 0 Å². The number of anilines is 1. The van der Waals surface area contributed by atoms with E-state index in [9.17, 15) is 39.6 Å². The van der Waals surface area contributed by atoms with Crippen LogP contribution in [0.3, 0.4) is 0 Å². The molecule has 1 fully saturated rings. The first-order valence-corrected chi connectivity index (χ1v) is 14.6. The lowest BCUT2D eigenvalue weighted by Crippen LogP contribution is -2.60. The van der Waals surface area contributed by atoms with E-state index in [1.807, 2.05) is 0 Å². The summed E-state index contributed by atoms with van der Waals surface area (Å²) in [6.45, 7) is -0.341. The van der Waals surface area contributed by atoms with Gasteiger partial charge in [-0.3, -0.25) is 9.78 Å². The van der Waals surface area contributed by atoms with E-state index in [1.165, 1.54) is 12.1 Å². The molecule has 1 aliphatic rings. The summed E-state index contributed by atoms with van der Waals surface area (Å²) in [5.74, 6) is -1.33. The Morgan fingerprint density at radius 3 is 2.11 bits per heavy atom. The standard InChI is InChI=1S/C28H23F6N5O5S/c29-27(30,31)43-20-4-1-18(2-5-20)15-36-26(40)24-17-38(25-10-3-19-16-35-12-11-23(19)37-25)13-14-39(24)45(41,42)22-8-6-21(7-9-22)44-28(32,33)34/h1-12,16,24H,13-15,17H2,(H,36,40)/t24-/m1/s1. The van der Waals surface area contributed by atoms with Gasteiger partial charge in [0.1, 0.15) is 23.4 Å². The fourth-order valence-corrected chi connectivity index (χ4v) is 6.24. The van der Waals surface area contributed by atoms with Crippen molar-refractivity contribution >= 4 is 32.7 Å². The Morgan fingerprint density at radius 2 is 1.49 bits per heavy atom. The molecule has 238 valence electrons. The number of ether oxygens (including phenoxy) is 2. The van der Waals surface area contributed by atoms with Crippen molar-refractivity contribution in [3.05, 3.63) is 84.7 Å². The van der Waals surface area contributed by atoms with Gasteiger partial charge in [-0.2, -0.15) is 4.31 Å². The molecule has 0 spiro atoms. The number of aromatic nitrogens is 2. The molecule has 0 radical (unpaired) electrons. The number of rotatable bonds is 8. The quantitative estimate of drug-likeness (QED) is 0.274. The molecule has 0 aliphatic carbocycles. The van der Waals surface area contributed by atoms with Crippen LogP contribution in [0.2, 0.25) is 0 Å². The third-order valence-corrected chi connectivity index (χ3v) is 8.64. The molecule has 2 aromatic carbocycles. The van der Waals surface area contributed by atoms with Gasteiger partial charge >= 0.3 is 12.7 Å². The molecule has 0 unspecified atom stereocenters. The number of nitrogens with one attached hydrogen (secondary N) is 1. The molecule has 0 bridgehead atoms. The predicted molar refractivity (Wildman–Crippen MR) is 148 cm³/mol. The minimum atomic E-state index is -4.97. The first kappa shape index (κ1) is 31.8. The van der Waals surface area contributed by atoms with Crippen molar-refractivity contribution in [3.8, 4) is 11.5 Å². The van der Waals surface area contributed by atoms with Crippen LogP contribution < -0.4 is 19.7 Å². The Kier molecular flexibility index (Phi) is 8.75. The van der Waals surface area contributed by atoms with Crippen LogP contribution in [0.4, 0.5) is 32.2 Å². The van der Waals surface area contributed by atoms with Crippen molar-refractivity contribution in [3.63, 3.8) is 0 Å². The normalized spacial score (nSPS) is 16.4. The molecular weight excluding hydrogens is 632 g/mol. The highest BCUT2D eigenvalue weighted by Crippen LogP contribution is 2.29. The number of hydrogen-bond acceptors (Lipinski definition) is 8. The van der Waals surface area contributed by atoms with Gasteiger partial charge in [-0.1, -0.05) is 12.1 Å². The van der Waals surface area contributed by atoms with E-state index < -0.39 is 46.2 Å². The van der Waals surface area contributed by atoms with Gasteiger partial charge in [0.2, 0.25) is 15.9 Å². The average Bonchev–Trinajstić information content (AvgIpc) is 2.98. The largest absolute Gasteiger partial charge is 0.573 e. The van der Waals surface area contributed by atoms with Gasteiger partial charge in [-0.25, -0.2) is 13.4 Å². The fraction of sp³-hybridized carbons (Fsp3) is 0.250. The van der Waals surface area contributed by atoms with Crippen molar-refractivity contribution in [2.75, 3.05) is 24.5 Å². The second kappa shape index (κ2) is 12.4. The number of fused-ring (bicyclic) bond motifs is 1. The van der Waals surface area contributed by atoms with E-state index in [-0.39, 0.29) is 31.1 Å². The van der Waals surface area contributed by atoms with Crippen molar-refractivity contribution in [2.45, 2.75) is 30.2 Å². The summed E-state index contributed by atoms with van der Waals surface area (Å²) >= 11 is 0. The van der Waals surface area contributed by atoms with E-state index >= 15 is 0 Å². The summed E-state index contributed by atoms with van der Waals surface area (Å²) in [6.07, 6.45) is -6.66. The first-order valence-electron chi connectivity index (χ1n) is 13.1. The number of amides is 1. The lowest BCUT2D eigenvalue weighted by Gasteiger charge is -2.40. The van der Waals surface area contributed by atoms with Crippen LogP contribution in [-0.2, 0) is 21.4 Å². The maximum absolute atomic E-state index is 13.7. The third-order valence-electron chi connectivity index (χ3n) is 6.72. The van der Waals surface area contributed by atoms with Crippen LogP contribution in [0.1, 0.15) is 5.56 Å². The summed E-state index contributed by atoms with van der Waals surface area (Å²) in [5.41, 5.74) is 1.03. The lowest BCUT2D eigenvalue weighted by atomic mass is 10.1. The van der Waals surface area contributed by atoms with Gasteiger partial charge in [0.15, 0.2) is 0 Å². The summed E-state index contributed by atoms with van der Waals surface area (Å²) in [6, 6.07) is 12.2.